The highest BCUT2D eigenvalue weighted by atomic mass is 32.2. The smallest absolute Gasteiger partial charge is 0.241 e. The largest absolute Gasteiger partial charge is 0.377 e. The molecule has 0 aliphatic carbocycles. The lowest BCUT2D eigenvalue weighted by atomic mass is 10.1. The number of fused-ring (bicyclic) bond motifs is 1. The second-order valence-corrected chi connectivity index (χ2v) is 10.9. The van der Waals surface area contributed by atoms with Gasteiger partial charge >= 0.3 is 0 Å². The SMILES string of the molecule is CCCCN(CCCC)C(=O)C(CCCN=C(N)N)NS(=O)(=O)c1cccc2c(N(C)C)cccc12. The highest BCUT2D eigenvalue weighted by Gasteiger charge is 2.29. The van der Waals surface area contributed by atoms with Gasteiger partial charge in [-0.15, -0.1) is 0 Å². The van der Waals surface area contributed by atoms with E-state index in [1.165, 1.54) is 0 Å². The van der Waals surface area contributed by atoms with Crippen LogP contribution in [-0.4, -0.2) is 65.0 Å². The molecule has 0 bridgehead atoms. The summed E-state index contributed by atoms with van der Waals surface area (Å²) in [6.07, 6.45) is 4.37. The summed E-state index contributed by atoms with van der Waals surface area (Å²) in [5.74, 6) is -0.238. The third-order valence-electron chi connectivity index (χ3n) is 6.05. The Bertz CT molecular complexity index is 1120. The van der Waals surface area contributed by atoms with Gasteiger partial charge in [0.1, 0.15) is 6.04 Å². The first-order valence-corrected chi connectivity index (χ1v) is 14.2. The van der Waals surface area contributed by atoms with Crippen LogP contribution in [0.3, 0.4) is 0 Å². The number of nitrogens with zero attached hydrogens (tertiary/aromatic N) is 3. The zero-order chi connectivity index (χ0) is 26.7. The summed E-state index contributed by atoms with van der Waals surface area (Å²) in [5, 5.41) is 1.44. The van der Waals surface area contributed by atoms with E-state index in [-0.39, 0.29) is 23.2 Å². The van der Waals surface area contributed by atoms with E-state index in [0.717, 1.165) is 36.8 Å². The molecule has 200 valence electrons. The molecule has 2 aromatic rings. The standard InChI is InChI=1S/C26H42N6O3S/c1-5-7-18-32(19-8-6-2)25(33)22(14-11-17-29-26(27)28)30-36(34,35)24-16-10-12-20-21(24)13-9-15-23(20)31(3)4/h9-10,12-13,15-16,22,30H,5-8,11,14,17-19H2,1-4H3,(H4,27,28,29). The third-order valence-corrected chi connectivity index (χ3v) is 7.58. The van der Waals surface area contributed by atoms with Crippen molar-refractivity contribution in [3.63, 3.8) is 0 Å². The summed E-state index contributed by atoms with van der Waals surface area (Å²) in [4.78, 5) is 21.5. The van der Waals surface area contributed by atoms with Crippen molar-refractivity contribution in [1.82, 2.24) is 9.62 Å². The van der Waals surface area contributed by atoms with E-state index in [1.54, 1.807) is 23.1 Å². The van der Waals surface area contributed by atoms with Crippen molar-refractivity contribution < 1.29 is 13.2 Å². The molecule has 0 fully saturated rings. The lowest BCUT2D eigenvalue weighted by molar-refractivity contribution is -0.133. The summed E-state index contributed by atoms with van der Waals surface area (Å²) in [6, 6.07) is 9.88. The summed E-state index contributed by atoms with van der Waals surface area (Å²) in [6.45, 7) is 5.66. The molecular weight excluding hydrogens is 476 g/mol. The summed E-state index contributed by atoms with van der Waals surface area (Å²) in [7, 11) is -0.168. The van der Waals surface area contributed by atoms with Crippen LogP contribution in [-0.2, 0) is 14.8 Å². The lowest BCUT2D eigenvalue weighted by Gasteiger charge is -2.28. The van der Waals surface area contributed by atoms with Crippen LogP contribution in [0.15, 0.2) is 46.3 Å². The van der Waals surface area contributed by atoms with E-state index in [9.17, 15) is 13.2 Å². The average Bonchev–Trinajstić information content (AvgIpc) is 2.84. The van der Waals surface area contributed by atoms with E-state index in [1.807, 2.05) is 37.2 Å². The van der Waals surface area contributed by atoms with Crippen LogP contribution in [0.5, 0.6) is 0 Å². The van der Waals surface area contributed by atoms with Gasteiger partial charge in [-0.05, 0) is 37.8 Å². The number of anilines is 1. The number of carbonyl (C=O) groups excluding carboxylic acids is 1. The Morgan fingerprint density at radius 2 is 1.58 bits per heavy atom. The number of unbranched alkanes of at least 4 members (excludes halogenated alkanes) is 2. The minimum Gasteiger partial charge on any atom is -0.377 e. The first kappa shape index (κ1) is 29.4. The Labute approximate surface area is 216 Å². The number of amides is 1. The zero-order valence-corrected chi connectivity index (χ0v) is 22.9. The van der Waals surface area contributed by atoms with Crippen LogP contribution in [0.4, 0.5) is 5.69 Å². The average molecular weight is 519 g/mol. The van der Waals surface area contributed by atoms with E-state index in [2.05, 4.69) is 23.6 Å². The molecule has 0 heterocycles. The number of guanidine groups is 1. The van der Waals surface area contributed by atoms with Gasteiger partial charge in [0, 0.05) is 50.2 Å². The number of hydrogen-bond acceptors (Lipinski definition) is 5. The number of nitrogens with two attached hydrogens (primary N) is 2. The van der Waals surface area contributed by atoms with Gasteiger partial charge in [0.15, 0.2) is 5.96 Å². The fraction of sp³-hybridized carbons (Fsp3) is 0.538. The zero-order valence-electron chi connectivity index (χ0n) is 22.0. The first-order chi connectivity index (χ1) is 17.1. The molecule has 0 radical (unpaired) electrons. The van der Waals surface area contributed by atoms with Crippen molar-refractivity contribution >= 4 is 38.3 Å². The first-order valence-electron chi connectivity index (χ1n) is 12.7. The van der Waals surface area contributed by atoms with Gasteiger partial charge in [-0.2, -0.15) is 4.72 Å². The van der Waals surface area contributed by atoms with Gasteiger partial charge in [-0.25, -0.2) is 8.42 Å². The highest BCUT2D eigenvalue weighted by molar-refractivity contribution is 7.89. The predicted molar refractivity (Wildman–Crippen MR) is 149 cm³/mol. The van der Waals surface area contributed by atoms with Crippen LogP contribution in [0, 0.1) is 0 Å². The number of sulfonamides is 1. The van der Waals surface area contributed by atoms with Crippen molar-refractivity contribution in [1.29, 1.82) is 0 Å². The van der Waals surface area contributed by atoms with E-state index >= 15 is 0 Å². The van der Waals surface area contributed by atoms with Crippen molar-refractivity contribution in [2.75, 3.05) is 38.6 Å². The van der Waals surface area contributed by atoms with Gasteiger partial charge in [-0.3, -0.25) is 9.79 Å². The number of benzene rings is 2. The maximum Gasteiger partial charge on any atom is 0.241 e. The lowest BCUT2D eigenvalue weighted by Crippen LogP contribution is -2.49. The molecule has 0 saturated carbocycles. The molecule has 0 aliphatic heterocycles. The summed E-state index contributed by atoms with van der Waals surface area (Å²) >= 11 is 0. The van der Waals surface area contributed by atoms with Crippen LogP contribution in [0.25, 0.3) is 10.8 Å². The Morgan fingerprint density at radius 3 is 2.17 bits per heavy atom. The molecule has 0 saturated heterocycles. The fourth-order valence-corrected chi connectivity index (χ4v) is 5.57. The number of rotatable bonds is 15. The van der Waals surface area contributed by atoms with Crippen molar-refractivity contribution in [3.8, 4) is 0 Å². The Hall–Kier alpha value is -2.85. The van der Waals surface area contributed by atoms with Crippen LogP contribution in [0.2, 0.25) is 0 Å². The van der Waals surface area contributed by atoms with Crippen LogP contribution in [0.1, 0.15) is 52.4 Å². The third kappa shape index (κ3) is 8.09. The second-order valence-electron chi connectivity index (χ2n) is 9.18. The Balaban J connectivity index is 2.42. The number of aliphatic imine (C=N–C) groups is 1. The van der Waals surface area contributed by atoms with Crippen molar-refractivity contribution in [2.45, 2.75) is 63.3 Å². The molecule has 2 rings (SSSR count). The predicted octanol–water partition coefficient (Wildman–Crippen LogP) is 3.04. The van der Waals surface area contributed by atoms with Crippen LogP contribution >= 0.6 is 0 Å². The normalized spacial score (nSPS) is 12.3. The molecular formula is C26H42N6O3S. The summed E-state index contributed by atoms with van der Waals surface area (Å²) < 4.78 is 30.1. The monoisotopic (exact) mass is 518 g/mol. The Kier molecular flexibility index (Phi) is 11.5. The van der Waals surface area contributed by atoms with E-state index in [4.69, 9.17) is 11.5 Å². The maximum atomic E-state index is 13.7. The van der Waals surface area contributed by atoms with Gasteiger partial charge < -0.3 is 21.3 Å². The van der Waals surface area contributed by atoms with Gasteiger partial charge in [0.2, 0.25) is 15.9 Å². The number of nitrogens with one attached hydrogen (secondary N) is 1. The maximum absolute atomic E-state index is 13.7. The summed E-state index contributed by atoms with van der Waals surface area (Å²) in [5.41, 5.74) is 11.8. The molecule has 36 heavy (non-hydrogen) atoms. The molecule has 10 heteroatoms. The second kappa shape index (κ2) is 14.0. The molecule has 1 unspecified atom stereocenters. The van der Waals surface area contributed by atoms with E-state index < -0.39 is 16.1 Å². The molecule has 0 aromatic heterocycles. The molecule has 2 aromatic carbocycles. The topological polar surface area (TPSA) is 134 Å². The van der Waals surface area contributed by atoms with Crippen LogP contribution < -0.4 is 21.1 Å². The number of hydrogen-bond donors (Lipinski definition) is 3. The molecule has 0 aliphatic rings. The molecule has 1 atom stereocenters. The molecule has 9 nitrogen and oxygen atoms in total. The van der Waals surface area contributed by atoms with Crippen molar-refractivity contribution in [2.24, 2.45) is 16.5 Å². The van der Waals surface area contributed by atoms with Gasteiger partial charge in [0.25, 0.3) is 0 Å². The fourth-order valence-electron chi connectivity index (χ4n) is 4.13. The van der Waals surface area contributed by atoms with E-state index in [0.29, 0.717) is 31.4 Å². The van der Waals surface area contributed by atoms with Crippen molar-refractivity contribution in [3.05, 3.63) is 36.4 Å². The minimum absolute atomic E-state index is 0.0292. The Morgan fingerprint density at radius 1 is 0.972 bits per heavy atom. The quantitative estimate of drug-likeness (QED) is 0.188. The highest BCUT2D eigenvalue weighted by Crippen LogP contribution is 2.30. The molecule has 0 spiro atoms. The molecule has 5 N–H and O–H groups in total. The van der Waals surface area contributed by atoms with Gasteiger partial charge in [-0.1, -0.05) is 51.0 Å². The molecule has 1 amide bonds. The van der Waals surface area contributed by atoms with Gasteiger partial charge in [0.05, 0.1) is 4.90 Å². The minimum atomic E-state index is -4.00. The number of carbonyl (C=O) groups is 1.